The third-order valence-corrected chi connectivity index (χ3v) is 14.9. The van der Waals surface area contributed by atoms with Gasteiger partial charge >= 0.3 is 0 Å². The molecule has 0 saturated carbocycles. The third kappa shape index (κ3) is 5.45. The van der Waals surface area contributed by atoms with E-state index in [1.165, 1.54) is 58.6 Å². The summed E-state index contributed by atoms with van der Waals surface area (Å²) in [5.74, 6) is 1.72. The van der Waals surface area contributed by atoms with E-state index in [2.05, 4.69) is 199 Å². The molecule has 15 aromatic rings. The minimum absolute atomic E-state index is 0.547. The van der Waals surface area contributed by atoms with E-state index in [1.807, 2.05) is 23.5 Å². The first-order valence-electron chi connectivity index (χ1n) is 22.6. The van der Waals surface area contributed by atoms with Crippen LogP contribution in [0.15, 0.2) is 211 Å². The Morgan fingerprint density at radius 2 is 0.985 bits per heavy atom. The van der Waals surface area contributed by atoms with Gasteiger partial charge < -0.3 is 8.98 Å². The average molecular weight is 871 g/mol. The summed E-state index contributed by atoms with van der Waals surface area (Å²) in [6.45, 7) is 0. The fourth-order valence-corrected chi connectivity index (χ4v) is 11.9. The minimum Gasteiger partial charge on any atom is -0.455 e. The molecule has 5 nitrogen and oxygen atoms in total. The SMILES string of the molecule is c1ccc2cc(-c3nc(-c4ccc5c(sc6cc7ccccc7cc65)c4-n4c5cc6ccccc6cc5c5c6ccccc6ccc54)nc(-c4cccc5c4oc4ccccc45)n3)ccc2c1. The Morgan fingerprint density at radius 1 is 0.373 bits per heavy atom. The number of fused-ring (bicyclic) bond motifs is 14. The van der Waals surface area contributed by atoms with Gasteiger partial charge in [-0.15, -0.1) is 11.3 Å². The summed E-state index contributed by atoms with van der Waals surface area (Å²) in [4.78, 5) is 16.4. The first-order valence-corrected chi connectivity index (χ1v) is 23.4. The van der Waals surface area contributed by atoms with Crippen LogP contribution in [-0.2, 0) is 0 Å². The number of rotatable bonds is 4. The predicted octanol–water partition coefficient (Wildman–Crippen LogP) is 16.8. The molecule has 4 heterocycles. The van der Waals surface area contributed by atoms with Gasteiger partial charge in [-0.3, -0.25) is 0 Å². The van der Waals surface area contributed by atoms with Crippen LogP contribution in [0.25, 0.3) is 147 Å². The van der Waals surface area contributed by atoms with E-state index in [4.69, 9.17) is 19.4 Å². The minimum atomic E-state index is 0.547. The van der Waals surface area contributed by atoms with Gasteiger partial charge in [-0.2, -0.15) is 0 Å². The number of hydrogen-bond acceptors (Lipinski definition) is 5. The quantitative estimate of drug-likeness (QED) is 0.177. The lowest BCUT2D eigenvalue weighted by Crippen LogP contribution is -2.04. The van der Waals surface area contributed by atoms with Crippen LogP contribution in [0.3, 0.4) is 0 Å². The Labute approximate surface area is 386 Å². The largest absolute Gasteiger partial charge is 0.455 e. The molecule has 0 aliphatic rings. The second kappa shape index (κ2) is 13.9. The molecule has 6 heteroatoms. The molecule has 15 rings (SSSR count). The molecule has 0 aliphatic heterocycles. The van der Waals surface area contributed by atoms with E-state index >= 15 is 0 Å². The van der Waals surface area contributed by atoms with Crippen LogP contribution >= 0.6 is 11.3 Å². The Hall–Kier alpha value is -8.71. The maximum atomic E-state index is 6.66. The fourth-order valence-electron chi connectivity index (χ4n) is 10.6. The zero-order valence-corrected chi connectivity index (χ0v) is 36.6. The predicted molar refractivity (Wildman–Crippen MR) is 281 cm³/mol. The molecule has 11 aromatic carbocycles. The van der Waals surface area contributed by atoms with Crippen molar-refractivity contribution in [2.45, 2.75) is 0 Å². The van der Waals surface area contributed by atoms with Crippen LogP contribution < -0.4 is 0 Å². The monoisotopic (exact) mass is 870 g/mol. The second-order valence-electron chi connectivity index (χ2n) is 17.5. The van der Waals surface area contributed by atoms with Gasteiger partial charge in [0.25, 0.3) is 0 Å². The number of benzene rings is 11. The van der Waals surface area contributed by atoms with Gasteiger partial charge in [0, 0.05) is 48.1 Å². The summed E-state index contributed by atoms with van der Waals surface area (Å²) in [6, 6.07) is 74.0. The van der Waals surface area contributed by atoms with Crippen molar-refractivity contribution >= 4 is 118 Å². The van der Waals surface area contributed by atoms with E-state index in [0.29, 0.717) is 17.5 Å². The number of nitrogens with zero attached hydrogens (tertiary/aromatic N) is 4. The zero-order valence-electron chi connectivity index (χ0n) is 35.7. The number of hydrogen-bond donors (Lipinski definition) is 0. The molecule has 0 radical (unpaired) electrons. The lowest BCUT2D eigenvalue weighted by atomic mass is 10.0. The molecule has 0 bridgehead atoms. The molecule has 0 spiro atoms. The Balaban J connectivity index is 1.10. The fraction of sp³-hybridized carbons (Fsp3) is 0. The van der Waals surface area contributed by atoms with Gasteiger partial charge in [-0.25, -0.2) is 15.0 Å². The first kappa shape index (κ1) is 36.6. The highest BCUT2D eigenvalue weighted by atomic mass is 32.1. The van der Waals surface area contributed by atoms with Gasteiger partial charge in [-0.05, 0) is 97.7 Å². The summed E-state index contributed by atoms with van der Waals surface area (Å²) in [7, 11) is 0. The van der Waals surface area contributed by atoms with Crippen LogP contribution in [0.4, 0.5) is 0 Å². The van der Waals surface area contributed by atoms with E-state index in [0.717, 1.165) is 70.8 Å². The Kier molecular flexibility index (Phi) is 7.59. The van der Waals surface area contributed by atoms with E-state index in [1.54, 1.807) is 0 Å². The molecule has 4 aromatic heterocycles. The van der Waals surface area contributed by atoms with Crippen LogP contribution in [0.2, 0.25) is 0 Å². The highest BCUT2D eigenvalue weighted by molar-refractivity contribution is 7.26. The van der Waals surface area contributed by atoms with Crippen LogP contribution in [0.5, 0.6) is 0 Å². The standard InChI is InChI=1S/C61H34N4OS/c1-2-14-37-30-42(25-24-35(37)12-1)59-62-60(64-61(63-59)48-22-11-21-45-44-20-9-10-23-53(44)66-57(45)48)47-28-27-46-49-31-38-15-4-6-18-41(38)34-54(49)67-58(46)56(47)65-51-29-26-36-13-7-8-19-43(36)55(51)50-32-39-16-3-5-17-40(39)33-52(50)65/h1-34H. The van der Waals surface area contributed by atoms with Crippen molar-refractivity contribution in [1.82, 2.24) is 19.5 Å². The van der Waals surface area contributed by atoms with E-state index < -0.39 is 0 Å². The number of aromatic nitrogens is 4. The van der Waals surface area contributed by atoms with Crippen molar-refractivity contribution in [3.8, 4) is 39.9 Å². The summed E-state index contributed by atoms with van der Waals surface area (Å²) < 4.78 is 11.5. The lowest BCUT2D eigenvalue weighted by Gasteiger charge is -2.16. The Bertz CT molecular complexity index is 4600. The molecule has 0 saturated heterocycles. The van der Waals surface area contributed by atoms with Crippen molar-refractivity contribution in [2.24, 2.45) is 0 Å². The van der Waals surface area contributed by atoms with Crippen molar-refractivity contribution in [3.05, 3.63) is 206 Å². The van der Waals surface area contributed by atoms with Gasteiger partial charge in [0.05, 0.1) is 27.0 Å². The van der Waals surface area contributed by atoms with Crippen LogP contribution in [0.1, 0.15) is 0 Å². The zero-order chi connectivity index (χ0) is 43.7. The number of furan rings is 1. The first-order chi connectivity index (χ1) is 33.2. The van der Waals surface area contributed by atoms with Crippen LogP contribution in [-0.4, -0.2) is 19.5 Å². The van der Waals surface area contributed by atoms with Gasteiger partial charge in [0.1, 0.15) is 11.2 Å². The van der Waals surface area contributed by atoms with E-state index in [9.17, 15) is 0 Å². The summed E-state index contributed by atoms with van der Waals surface area (Å²) in [5, 5.41) is 16.4. The molecular weight excluding hydrogens is 837 g/mol. The highest BCUT2D eigenvalue weighted by Gasteiger charge is 2.26. The average Bonchev–Trinajstić information content (AvgIpc) is 4.06. The second-order valence-corrected chi connectivity index (χ2v) is 18.6. The summed E-state index contributed by atoms with van der Waals surface area (Å²) in [5.41, 5.74) is 7.48. The van der Waals surface area contributed by atoms with Crippen molar-refractivity contribution < 1.29 is 4.42 Å². The molecule has 0 N–H and O–H groups in total. The van der Waals surface area contributed by atoms with Crippen molar-refractivity contribution in [2.75, 3.05) is 0 Å². The highest BCUT2D eigenvalue weighted by Crippen LogP contribution is 2.47. The molecule has 0 amide bonds. The summed E-state index contributed by atoms with van der Waals surface area (Å²) >= 11 is 1.83. The van der Waals surface area contributed by atoms with Crippen molar-refractivity contribution in [1.29, 1.82) is 0 Å². The van der Waals surface area contributed by atoms with Crippen LogP contribution in [0, 0.1) is 0 Å². The summed E-state index contributed by atoms with van der Waals surface area (Å²) in [6.07, 6.45) is 0. The maximum absolute atomic E-state index is 6.66. The Morgan fingerprint density at radius 3 is 1.79 bits per heavy atom. The van der Waals surface area contributed by atoms with Crippen molar-refractivity contribution in [3.63, 3.8) is 0 Å². The molecule has 0 atom stereocenters. The molecule has 310 valence electrons. The topological polar surface area (TPSA) is 56.7 Å². The van der Waals surface area contributed by atoms with Gasteiger partial charge in [0.15, 0.2) is 17.5 Å². The molecule has 0 unspecified atom stereocenters. The smallest absolute Gasteiger partial charge is 0.167 e. The molecular formula is C61H34N4OS. The number of thiophene rings is 1. The van der Waals surface area contributed by atoms with E-state index in [-0.39, 0.29) is 0 Å². The molecule has 67 heavy (non-hydrogen) atoms. The number of para-hydroxylation sites is 2. The normalized spacial score (nSPS) is 12.2. The molecule has 0 fully saturated rings. The van der Waals surface area contributed by atoms with Gasteiger partial charge in [0.2, 0.25) is 0 Å². The molecule has 0 aliphatic carbocycles. The maximum Gasteiger partial charge on any atom is 0.167 e. The third-order valence-electron chi connectivity index (χ3n) is 13.8. The van der Waals surface area contributed by atoms with Gasteiger partial charge in [-0.1, -0.05) is 152 Å². The lowest BCUT2D eigenvalue weighted by molar-refractivity contribution is 0.669.